The minimum Gasteiger partial charge on any atom is -0.368 e. The van der Waals surface area contributed by atoms with Gasteiger partial charge in [-0.1, -0.05) is 12.8 Å². The molecule has 0 aromatic heterocycles. The molecule has 1 saturated heterocycles. The number of amides is 1. The predicted octanol–water partition coefficient (Wildman–Crippen LogP) is 1.11. The number of carbonyl (C=O) groups excluding carboxylic acids is 1. The van der Waals surface area contributed by atoms with Crippen LogP contribution < -0.4 is 11.1 Å². The average Bonchev–Trinajstić information content (AvgIpc) is 2.81. The maximum atomic E-state index is 11.1. The molecule has 18 heavy (non-hydrogen) atoms. The molecule has 0 aromatic carbocycles. The van der Waals surface area contributed by atoms with Crippen LogP contribution in [-0.2, 0) is 4.79 Å². The predicted molar refractivity (Wildman–Crippen MR) is 73.2 cm³/mol. The molecule has 1 unspecified atom stereocenters. The monoisotopic (exact) mass is 253 g/mol. The minimum absolute atomic E-state index is 0.174. The van der Waals surface area contributed by atoms with Crippen LogP contribution in [0.4, 0.5) is 0 Å². The van der Waals surface area contributed by atoms with Gasteiger partial charge in [0.15, 0.2) is 0 Å². The number of primary amides is 1. The number of piperidine rings is 1. The van der Waals surface area contributed by atoms with E-state index in [0.717, 1.165) is 13.0 Å². The SMILES string of the molecule is CNC(CCN1CCC2(CCCC2)CC1)C(N)=O. The third kappa shape index (κ3) is 3.23. The van der Waals surface area contributed by atoms with Gasteiger partial charge in [0.2, 0.25) is 5.91 Å². The minimum atomic E-state index is -0.234. The van der Waals surface area contributed by atoms with Gasteiger partial charge in [-0.15, -0.1) is 0 Å². The van der Waals surface area contributed by atoms with E-state index in [4.69, 9.17) is 5.73 Å². The number of nitrogens with one attached hydrogen (secondary N) is 1. The van der Waals surface area contributed by atoms with Gasteiger partial charge in [0.1, 0.15) is 0 Å². The molecular weight excluding hydrogens is 226 g/mol. The molecule has 1 heterocycles. The number of nitrogens with two attached hydrogens (primary N) is 1. The molecule has 2 fully saturated rings. The van der Waals surface area contributed by atoms with Crippen molar-refractivity contribution in [2.24, 2.45) is 11.1 Å². The van der Waals surface area contributed by atoms with Gasteiger partial charge in [0.05, 0.1) is 6.04 Å². The van der Waals surface area contributed by atoms with E-state index in [-0.39, 0.29) is 11.9 Å². The molecule has 1 aliphatic heterocycles. The average molecular weight is 253 g/mol. The second kappa shape index (κ2) is 6.02. The topological polar surface area (TPSA) is 58.4 Å². The van der Waals surface area contributed by atoms with Crippen molar-refractivity contribution in [2.45, 2.75) is 51.0 Å². The third-order valence-electron chi connectivity index (χ3n) is 5.01. The van der Waals surface area contributed by atoms with Crippen LogP contribution in [-0.4, -0.2) is 43.5 Å². The van der Waals surface area contributed by atoms with Crippen LogP contribution in [0.1, 0.15) is 44.9 Å². The zero-order valence-electron chi connectivity index (χ0n) is 11.6. The zero-order chi connectivity index (χ0) is 13.0. The van der Waals surface area contributed by atoms with Crippen LogP contribution in [0.15, 0.2) is 0 Å². The third-order valence-corrected chi connectivity index (χ3v) is 5.01. The lowest BCUT2D eigenvalue weighted by Gasteiger charge is -2.39. The van der Waals surface area contributed by atoms with Crippen LogP contribution in [0.5, 0.6) is 0 Å². The van der Waals surface area contributed by atoms with Crippen molar-refractivity contribution in [3.63, 3.8) is 0 Å². The molecule has 1 amide bonds. The summed E-state index contributed by atoms with van der Waals surface area (Å²) in [6.45, 7) is 3.40. The summed E-state index contributed by atoms with van der Waals surface area (Å²) in [5, 5.41) is 2.99. The number of likely N-dealkylation sites (tertiary alicyclic amines) is 1. The van der Waals surface area contributed by atoms with Gasteiger partial charge in [-0.25, -0.2) is 0 Å². The Kier molecular flexibility index (Phi) is 4.62. The Morgan fingerprint density at radius 1 is 1.28 bits per heavy atom. The molecule has 1 saturated carbocycles. The molecular formula is C14H27N3O. The lowest BCUT2D eigenvalue weighted by atomic mass is 9.77. The van der Waals surface area contributed by atoms with E-state index in [1.54, 1.807) is 7.05 Å². The first-order chi connectivity index (χ1) is 8.65. The van der Waals surface area contributed by atoms with Crippen LogP contribution in [0.2, 0.25) is 0 Å². The fourth-order valence-electron chi connectivity index (χ4n) is 3.62. The highest BCUT2D eigenvalue weighted by Gasteiger charge is 2.36. The molecule has 0 aromatic rings. The van der Waals surface area contributed by atoms with Gasteiger partial charge in [0, 0.05) is 6.54 Å². The van der Waals surface area contributed by atoms with E-state index >= 15 is 0 Å². The van der Waals surface area contributed by atoms with Gasteiger partial charge in [-0.05, 0) is 57.7 Å². The Bertz CT molecular complexity index is 277. The lowest BCUT2D eigenvalue weighted by Crippen LogP contribution is -2.44. The maximum Gasteiger partial charge on any atom is 0.234 e. The largest absolute Gasteiger partial charge is 0.368 e. The standard InChI is InChI=1S/C14H27N3O/c1-16-12(13(15)18)4-9-17-10-7-14(8-11-17)5-2-3-6-14/h12,16H,2-11H2,1H3,(H2,15,18). The molecule has 4 heteroatoms. The Hall–Kier alpha value is -0.610. The van der Waals surface area contributed by atoms with Crippen LogP contribution in [0.3, 0.4) is 0 Å². The second-order valence-electron chi connectivity index (χ2n) is 6.08. The molecule has 1 spiro atoms. The fraction of sp³-hybridized carbons (Fsp3) is 0.929. The Labute approximate surface area is 110 Å². The Balaban J connectivity index is 1.71. The van der Waals surface area contributed by atoms with Gasteiger partial charge in [-0.2, -0.15) is 0 Å². The zero-order valence-corrected chi connectivity index (χ0v) is 11.6. The van der Waals surface area contributed by atoms with Crippen molar-refractivity contribution in [1.82, 2.24) is 10.2 Å². The van der Waals surface area contributed by atoms with Crippen LogP contribution in [0.25, 0.3) is 0 Å². The van der Waals surface area contributed by atoms with Crippen molar-refractivity contribution in [1.29, 1.82) is 0 Å². The molecule has 104 valence electrons. The Morgan fingerprint density at radius 3 is 2.39 bits per heavy atom. The number of hydrogen-bond acceptors (Lipinski definition) is 3. The van der Waals surface area contributed by atoms with Gasteiger partial charge >= 0.3 is 0 Å². The number of carbonyl (C=O) groups is 1. The highest BCUT2D eigenvalue weighted by Crippen LogP contribution is 2.46. The first kappa shape index (κ1) is 13.8. The van der Waals surface area contributed by atoms with Crippen molar-refractivity contribution < 1.29 is 4.79 Å². The van der Waals surface area contributed by atoms with E-state index in [0.29, 0.717) is 5.41 Å². The summed E-state index contributed by atoms with van der Waals surface area (Å²) in [6, 6.07) is -0.174. The first-order valence-corrected chi connectivity index (χ1v) is 7.34. The molecule has 1 atom stereocenters. The van der Waals surface area contributed by atoms with Crippen molar-refractivity contribution in [3.8, 4) is 0 Å². The smallest absolute Gasteiger partial charge is 0.234 e. The molecule has 2 aliphatic rings. The van der Waals surface area contributed by atoms with Gasteiger partial charge < -0.3 is 16.0 Å². The van der Waals surface area contributed by atoms with Crippen molar-refractivity contribution in [2.75, 3.05) is 26.7 Å². The quantitative estimate of drug-likeness (QED) is 0.771. The summed E-state index contributed by atoms with van der Waals surface area (Å²) in [5.74, 6) is -0.234. The van der Waals surface area contributed by atoms with Gasteiger partial charge in [0.25, 0.3) is 0 Å². The normalized spacial score (nSPS) is 25.4. The highest BCUT2D eigenvalue weighted by molar-refractivity contribution is 5.79. The first-order valence-electron chi connectivity index (χ1n) is 7.34. The van der Waals surface area contributed by atoms with Crippen LogP contribution >= 0.6 is 0 Å². The van der Waals surface area contributed by atoms with Gasteiger partial charge in [-0.3, -0.25) is 4.79 Å². The second-order valence-corrected chi connectivity index (χ2v) is 6.08. The summed E-state index contributed by atoms with van der Waals surface area (Å²) < 4.78 is 0. The van der Waals surface area contributed by atoms with E-state index < -0.39 is 0 Å². The summed E-state index contributed by atoms with van der Waals surface area (Å²) in [6.07, 6.45) is 9.30. The number of nitrogens with zero attached hydrogens (tertiary/aromatic N) is 1. The van der Waals surface area contributed by atoms with Crippen LogP contribution in [0, 0.1) is 5.41 Å². The number of likely N-dealkylation sites (N-methyl/N-ethyl adjacent to an activating group) is 1. The summed E-state index contributed by atoms with van der Waals surface area (Å²) in [4.78, 5) is 13.6. The fourth-order valence-corrected chi connectivity index (χ4v) is 3.62. The summed E-state index contributed by atoms with van der Waals surface area (Å²) >= 11 is 0. The molecule has 0 radical (unpaired) electrons. The van der Waals surface area contributed by atoms with E-state index in [2.05, 4.69) is 10.2 Å². The summed E-state index contributed by atoms with van der Waals surface area (Å²) in [5.41, 5.74) is 6.02. The molecule has 4 nitrogen and oxygen atoms in total. The van der Waals surface area contributed by atoms with Crippen molar-refractivity contribution >= 4 is 5.91 Å². The molecule has 2 rings (SSSR count). The number of hydrogen-bond donors (Lipinski definition) is 2. The molecule has 0 bridgehead atoms. The van der Waals surface area contributed by atoms with E-state index in [1.165, 1.54) is 51.6 Å². The summed E-state index contributed by atoms with van der Waals surface area (Å²) in [7, 11) is 1.80. The maximum absolute atomic E-state index is 11.1. The van der Waals surface area contributed by atoms with E-state index in [1.807, 2.05) is 0 Å². The lowest BCUT2D eigenvalue weighted by molar-refractivity contribution is -0.120. The number of rotatable bonds is 5. The Morgan fingerprint density at radius 2 is 1.89 bits per heavy atom. The van der Waals surface area contributed by atoms with Crippen molar-refractivity contribution in [3.05, 3.63) is 0 Å². The highest BCUT2D eigenvalue weighted by atomic mass is 16.1. The van der Waals surface area contributed by atoms with E-state index in [9.17, 15) is 4.79 Å². The molecule has 3 N–H and O–H groups in total. The molecule has 1 aliphatic carbocycles.